The Morgan fingerprint density at radius 1 is 1.41 bits per heavy atom. The van der Waals surface area contributed by atoms with Crippen LogP contribution in [0.15, 0.2) is 22.7 Å². The van der Waals surface area contributed by atoms with Gasteiger partial charge in [-0.3, -0.25) is 4.79 Å². The quantitative estimate of drug-likeness (QED) is 0.885. The summed E-state index contributed by atoms with van der Waals surface area (Å²) < 4.78 is 18.7. The molecular formula is C16H20FN3O2. The zero-order chi connectivity index (χ0) is 16.1. The Hall–Kier alpha value is -2.24. The zero-order valence-electron chi connectivity index (χ0n) is 13.0. The van der Waals surface area contributed by atoms with E-state index in [-0.39, 0.29) is 23.9 Å². The monoisotopic (exact) mass is 305 g/mol. The maximum Gasteiger partial charge on any atom is 0.226 e. The fourth-order valence-corrected chi connectivity index (χ4v) is 1.95. The average molecular weight is 305 g/mol. The molecular weight excluding hydrogens is 285 g/mol. The molecule has 0 atom stereocenters. The molecule has 0 aliphatic heterocycles. The molecule has 2 rings (SSSR count). The number of halogens is 1. The Kier molecular flexibility index (Phi) is 5.25. The van der Waals surface area contributed by atoms with Crippen LogP contribution in [0.25, 0.3) is 0 Å². The molecule has 1 aromatic heterocycles. The maximum absolute atomic E-state index is 13.5. The average Bonchev–Trinajstić information content (AvgIpc) is 2.92. The Bertz CT molecular complexity index is 653. The smallest absolute Gasteiger partial charge is 0.226 e. The third-order valence-corrected chi connectivity index (χ3v) is 3.19. The topological polar surface area (TPSA) is 68.0 Å². The van der Waals surface area contributed by atoms with Crippen molar-refractivity contribution in [3.8, 4) is 0 Å². The summed E-state index contributed by atoms with van der Waals surface area (Å²) in [6, 6.07) is 4.61. The first kappa shape index (κ1) is 16.1. The number of benzene rings is 1. The van der Waals surface area contributed by atoms with E-state index in [1.165, 1.54) is 6.07 Å². The van der Waals surface area contributed by atoms with Crippen molar-refractivity contribution in [2.75, 3.05) is 5.32 Å². The van der Waals surface area contributed by atoms with Gasteiger partial charge in [-0.25, -0.2) is 4.39 Å². The first-order valence-electron chi connectivity index (χ1n) is 7.34. The van der Waals surface area contributed by atoms with Crippen molar-refractivity contribution in [2.24, 2.45) is 0 Å². The number of anilines is 1. The van der Waals surface area contributed by atoms with Crippen LogP contribution in [-0.2, 0) is 11.2 Å². The van der Waals surface area contributed by atoms with Gasteiger partial charge in [0, 0.05) is 18.8 Å². The molecule has 0 spiro atoms. The van der Waals surface area contributed by atoms with Gasteiger partial charge in [0.1, 0.15) is 5.82 Å². The number of nitrogens with one attached hydrogen (secondary N) is 1. The minimum absolute atomic E-state index is 0.213. The molecule has 0 aliphatic carbocycles. The van der Waals surface area contributed by atoms with Gasteiger partial charge in [0.25, 0.3) is 0 Å². The van der Waals surface area contributed by atoms with Gasteiger partial charge in [0.2, 0.25) is 11.8 Å². The molecule has 2 aromatic rings. The fraction of sp³-hybridized carbons (Fsp3) is 0.438. The van der Waals surface area contributed by atoms with Gasteiger partial charge in [0.05, 0.1) is 5.69 Å². The Balaban J connectivity index is 1.81. The number of carbonyl (C=O) groups is 1. The molecule has 1 heterocycles. The van der Waals surface area contributed by atoms with Crippen LogP contribution in [0.5, 0.6) is 0 Å². The molecule has 5 nitrogen and oxygen atoms in total. The van der Waals surface area contributed by atoms with Gasteiger partial charge >= 0.3 is 0 Å². The lowest BCUT2D eigenvalue weighted by atomic mass is 10.2. The van der Waals surface area contributed by atoms with Crippen molar-refractivity contribution in [3.63, 3.8) is 0 Å². The number of amides is 1. The van der Waals surface area contributed by atoms with Gasteiger partial charge in [0.15, 0.2) is 5.82 Å². The molecule has 0 aliphatic rings. The molecule has 22 heavy (non-hydrogen) atoms. The predicted octanol–water partition coefficient (Wildman–Crippen LogP) is 3.60. The minimum Gasteiger partial charge on any atom is -0.339 e. The summed E-state index contributed by atoms with van der Waals surface area (Å²) in [6.45, 7) is 5.81. The Labute approximate surface area is 128 Å². The highest BCUT2D eigenvalue weighted by Crippen LogP contribution is 2.16. The summed E-state index contributed by atoms with van der Waals surface area (Å²) in [5.41, 5.74) is 1.11. The molecule has 1 amide bonds. The van der Waals surface area contributed by atoms with E-state index in [9.17, 15) is 9.18 Å². The van der Waals surface area contributed by atoms with Crippen LogP contribution in [0.4, 0.5) is 10.1 Å². The second-order valence-corrected chi connectivity index (χ2v) is 5.59. The first-order valence-corrected chi connectivity index (χ1v) is 7.34. The van der Waals surface area contributed by atoms with Gasteiger partial charge in [-0.2, -0.15) is 4.98 Å². The lowest BCUT2D eigenvalue weighted by molar-refractivity contribution is -0.116. The second-order valence-electron chi connectivity index (χ2n) is 5.59. The molecule has 0 fully saturated rings. The molecule has 1 aromatic carbocycles. The molecule has 1 N–H and O–H groups in total. The molecule has 0 radical (unpaired) electrons. The van der Waals surface area contributed by atoms with Gasteiger partial charge in [-0.1, -0.05) is 25.1 Å². The van der Waals surface area contributed by atoms with E-state index in [2.05, 4.69) is 15.5 Å². The van der Waals surface area contributed by atoms with Crippen molar-refractivity contribution in [1.29, 1.82) is 0 Å². The number of aryl methyl sites for hydroxylation is 2. The molecule has 0 unspecified atom stereocenters. The second kappa shape index (κ2) is 7.15. The van der Waals surface area contributed by atoms with E-state index in [0.29, 0.717) is 24.6 Å². The van der Waals surface area contributed by atoms with Crippen molar-refractivity contribution in [3.05, 3.63) is 41.3 Å². The van der Waals surface area contributed by atoms with Crippen LogP contribution in [0.1, 0.15) is 49.9 Å². The zero-order valence-corrected chi connectivity index (χ0v) is 13.0. The van der Waals surface area contributed by atoms with Gasteiger partial charge < -0.3 is 9.84 Å². The normalized spacial score (nSPS) is 11.0. The standard InChI is InChI=1S/C16H20FN3O2/c1-10(2)16-19-15(22-20-16)6-4-5-14(21)18-13-9-11(3)7-8-12(13)17/h7-10H,4-6H2,1-3H3,(H,18,21). The van der Waals surface area contributed by atoms with Crippen LogP contribution >= 0.6 is 0 Å². The van der Waals surface area contributed by atoms with Crippen LogP contribution in [-0.4, -0.2) is 16.0 Å². The number of hydrogen-bond donors (Lipinski definition) is 1. The summed E-state index contributed by atoms with van der Waals surface area (Å²) in [6.07, 6.45) is 1.37. The van der Waals surface area contributed by atoms with E-state index in [1.807, 2.05) is 20.8 Å². The maximum atomic E-state index is 13.5. The van der Waals surface area contributed by atoms with Gasteiger partial charge in [-0.05, 0) is 31.0 Å². The van der Waals surface area contributed by atoms with E-state index in [0.717, 1.165) is 5.56 Å². The fourth-order valence-electron chi connectivity index (χ4n) is 1.95. The predicted molar refractivity (Wildman–Crippen MR) is 81.1 cm³/mol. The minimum atomic E-state index is -0.433. The lowest BCUT2D eigenvalue weighted by Gasteiger charge is -2.06. The van der Waals surface area contributed by atoms with Crippen LogP contribution in [0, 0.1) is 12.7 Å². The Morgan fingerprint density at radius 2 is 2.18 bits per heavy atom. The molecule has 0 saturated carbocycles. The van der Waals surface area contributed by atoms with Crippen molar-refractivity contribution >= 4 is 11.6 Å². The van der Waals surface area contributed by atoms with Crippen molar-refractivity contribution in [2.45, 2.75) is 46.0 Å². The summed E-state index contributed by atoms with van der Waals surface area (Å²) >= 11 is 0. The highest BCUT2D eigenvalue weighted by Gasteiger charge is 2.11. The highest BCUT2D eigenvalue weighted by molar-refractivity contribution is 5.90. The number of carbonyl (C=O) groups excluding carboxylic acids is 1. The number of aromatic nitrogens is 2. The number of nitrogens with zero attached hydrogens (tertiary/aromatic N) is 2. The summed E-state index contributed by atoms with van der Waals surface area (Å²) in [5, 5.41) is 6.45. The summed E-state index contributed by atoms with van der Waals surface area (Å²) in [7, 11) is 0. The molecule has 118 valence electrons. The van der Waals surface area contributed by atoms with Gasteiger partial charge in [-0.15, -0.1) is 0 Å². The number of hydrogen-bond acceptors (Lipinski definition) is 4. The van der Waals surface area contributed by atoms with Crippen LogP contribution in [0.3, 0.4) is 0 Å². The van der Waals surface area contributed by atoms with E-state index in [1.54, 1.807) is 12.1 Å². The number of rotatable bonds is 6. The molecule has 0 saturated heterocycles. The SMILES string of the molecule is Cc1ccc(F)c(NC(=O)CCCc2nc(C(C)C)no2)c1. The Morgan fingerprint density at radius 3 is 2.86 bits per heavy atom. The van der Waals surface area contributed by atoms with Crippen LogP contribution < -0.4 is 5.32 Å². The third kappa shape index (κ3) is 4.38. The first-order chi connectivity index (χ1) is 10.5. The van der Waals surface area contributed by atoms with Crippen LogP contribution in [0.2, 0.25) is 0 Å². The summed E-state index contributed by atoms with van der Waals surface area (Å²) in [5.74, 6) is 0.745. The lowest BCUT2D eigenvalue weighted by Crippen LogP contribution is -2.12. The van der Waals surface area contributed by atoms with E-state index >= 15 is 0 Å². The third-order valence-electron chi connectivity index (χ3n) is 3.19. The molecule has 6 heteroatoms. The van der Waals surface area contributed by atoms with Crippen molar-refractivity contribution < 1.29 is 13.7 Å². The van der Waals surface area contributed by atoms with E-state index in [4.69, 9.17) is 4.52 Å². The largest absolute Gasteiger partial charge is 0.339 e. The summed E-state index contributed by atoms with van der Waals surface area (Å²) in [4.78, 5) is 16.1. The highest BCUT2D eigenvalue weighted by atomic mass is 19.1. The molecule has 0 bridgehead atoms. The van der Waals surface area contributed by atoms with Crippen molar-refractivity contribution in [1.82, 2.24) is 10.1 Å². The van der Waals surface area contributed by atoms with E-state index < -0.39 is 5.82 Å².